The molecule has 86 valence electrons. The third-order valence-corrected chi connectivity index (χ3v) is 2.14. The number of hydrogen-bond acceptors (Lipinski definition) is 0. The largest absolute Gasteiger partial charge is 0.207 e. The number of aryl methyl sites for hydroxylation is 1. The van der Waals surface area contributed by atoms with Crippen LogP contribution in [-0.4, -0.2) is 0 Å². The van der Waals surface area contributed by atoms with Crippen molar-refractivity contribution in [2.45, 2.75) is 47.5 Å². The summed E-state index contributed by atoms with van der Waals surface area (Å²) in [6, 6.07) is 5.59. The van der Waals surface area contributed by atoms with Gasteiger partial charge in [0, 0.05) is 0 Å². The third-order valence-electron chi connectivity index (χ3n) is 2.14. The van der Waals surface area contributed by atoms with Crippen molar-refractivity contribution in [3.05, 3.63) is 35.1 Å². The van der Waals surface area contributed by atoms with Crippen molar-refractivity contribution in [1.29, 1.82) is 0 Å². The Balaban J connectivity index is 0.000000921. The average molecular weight is 210 g/mol. The van der Waals surface area contributed by atoms with Gasteiger partial charge in [0.2, 0.25) is 0 Å². The summed E-state index contributed by atoms with van der Waals surface area (Å²) in [5.74, 6) is 0.535. The van der Waals surface area contributed by atoms with E-state index in [4.69, 9.17) is 0 Å². The average Bonchev–Trinajstić information content (AvgIpc) is 2.20. The van der Waals surface area contributed by atoms with Crippen LogP contribution >= 0.6 is 0 Å². The molecule has 0 amide bonds. The van der Waals surface area contributed by atoms with Crippen molar-refractivity contribution in [2.75, 3.05) is 0 Å². The van der Waals surface area contributed by atoms with Gasteiger partial charge in [-0.3, -0.25) is 0 Å². The monoisotopic (exact) mass is 210 g/mol. The van der Waals surface area contributed by atoms with Gasteiger partial charge in [0.15, 0.2) is 0 Å². The van der Waals surface area contributed by atoms with E-state index >= 15 is 0 Å². The van der Waals surface area contributed by atoms with Crippen LogP contribution in [0.1, 0.15) is 45.7 Å². The zero-order chi connectivity index (χ0) is 11.8. The van der Waals surface area contributed by atoms with Crippen LogP contribution in [0.4, 0.5) is 4.39 Å². The van der Waals surface area contributed by atoms with Crippen molar-refractivity contribution in [3.63, 3.8) is 0 Å². The van der Waals surface area contributed by atoms with Gasteiger partial charge in [0.25, 0.3) is 0 Å². The standard InChI is InChI=1S/C12H17F.C2H6/c1-4-11-6-5-10(7-9(2)3)8-12(11)13;1-2/h5-6,8-9H,4,7H2,1-3H3;1-2H3. The Hall–Kier alpha value is -0.850. The van der Waals surface area contributed by atoms with Crippen molar-refractivity contribution >= 4 is 0 Å². The molecule has 0 bridgehead atoms. The van der Waals surface area contributed by atoms with Gasteiger partial charge in [-0.2, -0.15) is 0 Å². The fourth-order valence-electron chi connectivity index (χ4n) is 1.48. The SMILES string of the molecule is CC.CCc1ccc(CC(C)C)cc1F. The molecule has 0 fully saturated rings. The highest BCUT2D eigenvalue weighted by molar-refractivity contribution is 5.24. The van der Waals surface area contributed by atoms with Crippen LogP contribution in [0.15, 0.2) is 18.2 Å². The summed E-state index contributed by atoms with van der Waals surface area (Å²) in [6.07, 6.45) is 1.73. The Morgan fingerprint density at radius 2 is 1.80 bits per heavy atom. The molecule has 0 saturated carbocycles. The van der Waals surface area contributed by atoms with E-state index in [1.165, 1.54) is 0 Å². The first-order valence-corrected chi connectivity index (χ1v) is 5.90. The molecule has 0 aliphatic carbocycles. The molecule has 0 unspecified atom stereocenters. The zero-order valence-electron chi connectivity index (χ0n) is 10.6. The molecular formula is C14H23F. The van der Waals surface area contributed by atoms with E-state index in [1.54, 1.807) is 6.07 Å². The molecule has 0 spiro atoms. The smallest absolute Gasteiger partial charge is 0.126 e. The molecule has 0 radical (unpaired) electrons. The molecule has 1 rings (SSSR count). The van der Waals surface area contributed by atoms with E-state index in [0.717, 1.165) is 24.0 Å². The summed E-state index contributed by atoms with van der Waals surface area (Å²) in [7, 11) is 0. The number of hydrogen-bond donors (Lipinski definition) is 0. The Morgan fingerprint density at radius 3 is 2.20 bits per heavy atom. The molecule has 0 aliphatic heterocycles. The molecule has 15 heavy (non-hydrogen) atoms. The van der Waals surface area contributed by atoms with Gasteiger partial charge in [-0.1, -0.05) is 46.8 Å². The molecule has 0 atom stereocenters. The van der Waals surface area contributed by atoms with Crippen LogP contribution in [0.5, 0.6) is 0 Å². The number of benzene rings is 1. The highest BCUT2D eigenvalue weighted by Gasteiger charge is 2.02. The molecule has 0 N–H and O–H groups in total. The lowest BCUT2D eigenvalue weighted by Crippen LogP contribution is -1.96. The Morgan fingerprint density at radius 1 is 1.20 bits per heavy atom. The quantitative estimate of drug-likeness (QED) is 0.683. The van der Waals surface area contributed by atoms with Crippen molar-refractivity contribution < 1.29 is 4.39 Å². The number of halogens is 1. The van der Waals surface area contributed by atoms with Gasteiger partial charge in [-0.15, -0.1) is 0 Å². The van der Waals surface area contributed by atoms with Crippen molar-refractivity contribution in [3.8, 4) is 0 Å². The van der Waals surface area contributed by atoms with E-state index in [-0.39, 0.29) is 5.82 Å². The Kier molecular flexibility index (Phi) is 7.02. The van der Waals surface area contributed by atoms with Crippen molar-refractivity contribution in [2.24, 2.45) is 5.92 Å². The maximum Gasteiger partial charge on any atom is 0.126 e. The lowest BCUT2D eigenvalue weighted by atomic mass is 10.0. The molecule has 1 heteroatoms. The second-order valence-electron chi connectivity index (χ2n) is 3.88. The summed E-state index contributed by atoms with van der Waals surface area (Å²) in [4.78, 5) is 0. The van der Waals surface area contributed by atoms with Gasteiger partial charge in [0.05, 0.1) is 0 Å². The minimum absolute atomic E-state index is 0.0550. The first-order chi connectivity index (χ1) is 7.13. The second kappa shape index (κ2) is 7.44. The highest BCUT2D eigenvalue weighted by Crippen LogP contribution is 2.14. The minimum atomic E-state index is -0.0550. The van der Waals surface area contributed by atoms with Crippen molar-refractivity contribution in [1.82, 2.24) is 0 Å². The summed E-state index contributed by atoms with van der Waals surface area (Å²) in [5.41, 5.74) is 1.91. The topological polar surface area (TPSA) is 0 Å². The fourth-order valence-corrected chi connectivity index (χ4v) is 1.48. The van der Waals surface area contributed by atoms with Gasteiger partial charge in [-0.05, 0) is 36.0 Å². The summed E-state index contributed by atoms with van der Waals surface area (Å²) >= 11 is 0. The van der Waals surface area contributed by atoms with Crippen LogP contribution in [0.2, 0.25) is 0 Å². The van der Waals surface area contributed by atoms with E-state index < -0.39 is 0 Å². The second-order valence-corrected chi connectivity index (χ2v) is 3.88. The molecule has 0 heterocycles. The Bertz CT molecular complexity index is 277. The summed E-state index contributed by atoms with van der Waals surface area (Å²) in [5, 5.41) is 0. The molecule has 1 aromatic carbocycles. The zero-order valence-corrected chi connectivity index (χ0v) is 10.6. The van der Waals surface area contributed by atoms with Gasteiger partial charge >= 0.3 is 0 Å². The molecular weight excluding hydrogens is 187 g/mol. The van der Waals surface area contributed by atoms with Crippen LogP contribution < -0.4 is 0 Å². The highest BCUT2D eigenvalue weighted by atomic mass is 19.1. The van der Waals surface area contributed by atoms with Crippen LogP contribution in [0, 0.1) is 11.7 Å². The molecule has 0 aromatic heterocycles. The fraction of sp³-hybridized carbons (Fsp3) is 0.571. The summed E-state index contributed by atoms with van der Waals surface area (Å²) < 4.78 is 13.3. The maximum absolute atomic E-state index is 13.3. The molecule has 0 saturated heterocycles. The lowest BCUT2D eigenvalue weighted by molar-refractivity contribution is 0.600. The van der Waals surface area contributed by atoms with Gasteiger partial charge in [-0.25, -0.2) is 4.39 Å². The number of rotatable bonds is 3. The van der Waals surface area contributed by atoms with E-state index in [9.17, 15) is 4.39 Å². The lowest BCUT2D eigenvalue weighted by Gasteiger charge is -2.06. The van der Waals surface area contributed by atoms with E-state index in [0.29, 0.717) is 5.92 Å². The summed E-state index contributed by atoms with van der Waals surface area (Å²) in [6.45, 7) is 10.3. The maximum atomic E-state index is 13.3. The molecule has 0 nitrogen and oxygen atoms in total. The van der Waals surface area contributed by atoms with Crippen LogP contribution in [0.3, 0.4) is 0 Å². The van der Waals surface area contributed by atoms with Gasteiger partial charge in [0.1, 0.15) is 5.82 Å². The Labute approximate surface area is 93.5 Å². The molecule has 0 aliphatic rings. The molecule has 1 aromatic rings. The van der Waals surface area contributed by atoms with E-state index in [1.807, 2.05) is 32.9 Å². The van der Waals surface area contributed by atoms with Crippen LogP contribution in [-0.2, 0) is 12.8 Å². The normalized spacial score (nSPS) is 9.80. The predicted molar refractivity (Wildman–Crippen MR) is 65.7 cm³/mol. The first kappa shape index (κ1) is 14.2. The third kappa shape index (κ3) is 4.96. The van der Waals surface area contributed by atoms with Gasteiger partial charge < -0.3 is 0 Å². The van der Waals surface area contributed by atoms with Crippen LogP contribution in [0.25, 0.3) is 0 Å². The van der Waals surface area contributed by atoms with E-state index in [2.05, 4.69) is 13.8 Å². The predicted octanol–water partition coefficient (Wildman–Crippen LogP) is 4.61. The first-order valence-electron chi connectivity index (χ1n) is 5.90. The minimum Gasteiger partial charge on any atom is -0.207 e.